The molecule has 0 radical (unpaired) electrons. The first-order valence-corrected chi connectivity index (χ1v) is 6.32. The van der Waals surface area contributed by atoms with Crippen LogP contribution in [0, 0.1) is 14.9 Å². The van der Waals surface area contributed by atoms with E-state index in [4.69, 9.17) is 5.26 Å². The van der Waals surface area contributed by atoms with E-state index in [-0.39, 0.29) is 0 Å². The van der Waals surface area contributed by atoms with Gasteiger partial charge >= 0.3 is 0 Å². The molecule has 70 valence electrons. The first-order valence-electron chi connectivity index (χ1n) is 4.36. The van der Waals surface area contributed by atoms with E-state index in [1.54, 1.807) is 11.3 Å². The number of hydrogen-bond donors (Lipinski definition) is 0. The molecular formula is C11H8INS. The lowest BCUT2D eigenvalue weighted by molar-refractivity contribution is 1.14. The third kappa shape index (κ3) is 1.43. The summed E-state index contributed by atoms with van der Waals surface area (Å²) in [5.74, 6) is 0. The van der Waals surface area contributed by atoms with Gasteiger partial charge in [-0.1, -0.05) is 6.92 Å². The predicted molar refractivity (Wildman–Crippen MR) is 68.6 cm³/mol. The fourth-order valence-electron chi connectivity index (χ4n) is 1.64. The smallest absolute Gasteiger partial charge is 0.101 e. The number of aryl methyl sites for hydroxylation is 1. The monoisotopic (exact) mass is 313 g/mol. The molecule has 1 aromatic heterocycles. The molecule has 0 unspecified atom stereocenters. The highest BCUT2D eigenvalue weighted by Gasteiger charge is 2.10. The molecule has 0 N–H and O–H groups in total. The molecule has 3 heteroatoms. The van der Waals surface area contributed by atoms with Crippen LogP contribution in [0.3, 0.4) is 0 Å². The van der Waals surface area contributed by atoms with Crippen molar-refractivity contribution in [1.82, 2.24) is 0 Å². The molecule has 2 rings (SSSR count). The number of benzene rings is 1. The standard InChI is InChI=1S/C11H8INS/c1-2-7-8-3-4-14-11(8)5-10(12)9(7)6-13/h3-5H,2H2,1H3. The number of hydrogen-bond acceptors (Lipinski definition) is 2. The lowest BCUT2D eigenvalue weighted by atomic mass is 10.0. The van der Waals surface area contributed by atoms with Crippen molar-refractivity contribution in [2.75, 3.05) is 0 Å². The van der Waals surface area contributed by atoms with Gasteiger partial charge in [0.2, 0.25) is 0 Å². The molecule has 1 aromatic carbocycles. The lowest BCUT2D eigenvalue weighted by Gasteiger charge is -2.04. The van der Waals surface area contributed by atoms with Gasteiger partial charge in [-0.25, -0.2) is 0 Å². The summed E-state index contributed by atoms with van der Waals surface area (Å²) in [5.41, 5.74) is 2.04. The minimum absolute atomic E-state index is 0.846. The van der Waals surface area contributed by atoms with E-state index in [9.17, 15) is 0 Å². The van der Waals surface area contributed by atoms with Gasteiger partial charge in [-0.3, -0.25) is 0 Å². The molecule has 1 heterocycles. The van der Waals surface area contributed by atoms with Crippen molar-refractivity contribution in [2.45, 2.75) is 13.3 Å². The van der Waals surface area contributed by atoms with Crippen molar-refractivity contribution in [3.63, 3.8) is 0 Å². The van der Waals surface area contributed by atoms with Gasteiger partial charge < -0.3 is 0 Å². The Morgan fingerprint density at radius 2 is 2.36 bits per heavy atom. The van der Waals surface area contributed by atoms with Crippen molar-refractivity contribution in [1.29, 1.82) is 5.26 Å². The third-order valence-electron chi connectivity index (χ3n) is 2.28. The molecular weight excluding hydrogens is 305 g/mol. The molecule has 0 saturated carbocycles. The van der Waals surface area contributed by atoms with E-state index >= 15 is 0 Å². The SMILES string of the molecule is CCc1c(C#N)c(I)cc2sccc12. The van der Waals surface area contributed by atoms with Crippen LogP contribution in [0.25, 0.3) is 10.1 Å². The largest absolute Gasteiger partial charge is 0.192 e. The fraction of sp³-hybridized carbons (Fsp3) is 0.182. The number of rotatable bonds is 1. The Balaban J connectivity index is 2.91. The molecule has 0 saturated heterocycles. The average molecular weight is 313 g/mol. The highest BCUT2D eigenvalue weighted by atomic mass is 127. The second-order valence-corrected chi connectivity index (χ2v) is 5.12. The molecule has 0 fully saturated rings. The molecule has 0 aliphatic heterocycles. The van der Waals surface area contributed by atoms with Crippen molar-refractivity contribution < 1.29 is 0 Å². The minimum atomic E-state index is 0.846. The van der Waals surface area contributed by atoms with Gasteiger partial charge in [-0.2, -0.15) is 5.26 Å². The topological polar surface area (TPSA) is 23.8 Å². The van der Waals surface area contributed by atoms with Crippen LogP contribution >= 0.6 is 33.9 Å². The zero-order valence-corrected chi connectivity index (χ0v) is 10.6. The van der Waals surface area contributed by atoms with Crippen LogP contribution in [-0.4, -0.2) is 0 Å². The zero-order valence-electron chi connectivity index (χ0n) is 7.67. The zero-order chi connectivity index (χ0) is 10.1. The maximum Gasteiger partial charge on any atom is 0.101 e. The first-order chi connectivity index (χ1) is 6.77. The van der Waals surface area contributed by atoms with Crippen LogP contribution in [0.2, 0.25) is 0 Å². The number of halogens is 1. The highest BCUT2D eigenvalue weighted by molar-refractivity contribution is 14.1. The number of thiophene rings is 1. The summed E-state index contributed by atoms with van der Waals surface area (Å²) in [5, 5.41) is 12.4. The molecule has 1 nitrogen and oxygen atoms in total. The van der Waals surface area contributed by atoms with Crippen LogP contribution in [0.1, 0.15) is 18.1 Å². The van der Waals surface area contributed by atoms with E-state index in [1.807, 2.05) is 0 Å². The van der Waals surface area contributed by atoms with Gasteiger partial charge in [-0.05, 0) is 57.5 Å². The van der Waals surface area contributed by atoms with Crippen LogP contribution in [0.4, 0.5) is 0 Å². The Morgan fingerprint density at radius 1 is 1.57 bits per heavy atom. The molecule has 0 amide bonds. The number of nitriles is 1. The maximum atomic E-state index is 9.08. The van der Waals surface area contributed by atoms with E-state index in [0.29, 0.717) is 0 Å². The van der Waals surface area contributed by atoms with Crippen LogP contribution in [-0.2, 0) is 6.42 Å². The lowest BCUT2D eigenvalue weighted by Crippen LogP contribution is -1.91. The van der Waals surface area contributed by atoms with Gasteiger partial charge in [-0.15, -0.1) is 11.3 Å². The third-order valence-corrected chi connectivity index (χ3v) is 4.00. The first kappa shape index (κ1) is 9.94. The van der Waals surface area contributed by atoms with E-state index in [1.165, 1.54) is 15.6 Å². The molecule has 0 aliphatic rings. The highest BCUT2D eigenvalue weighted by Crippen LogP contribution is 2.30. The second kappa shape index (κ2) is 3.87. The quantitative estimate of drug-likeness (QED) is 0.732. The number of nitrogens with zero attached hydrogens (tertiary/aromatic N) is 1. The summed E-state index contributed by atoms with van der Waals surface area (Å²) in [6.45, 7) is 2.10. The second-order valence-electron chi connectivity index (χ2n) is 3.01. The van der Waals surface area contributed by atoms with Gasteiger partial charge in [0.25, 0.3) is 0 Å². The Labute approximate surface area is 101 Å². The number of fused-ring (bicyclic) bond motifs is 1. The molecule has 0 spiro atoms. The van der Waals surface area contributed by atoms with Crippen molar-refractivity contribution in [3.8, 4) is 6.07 Å². The van der Waals surface area contributed by atoms with Crippen molar-refractivity contribution in [3.05, 3.63) is 32.2 Å². The summed E-state index contributed by atoms with van der Waals surface area (Å²) in [4.78, 5) is 0. The fourth-order valence-corrected chi connectivity index (χ4v) is 3.46. The Morgan fingerprint density at radius 3 is 3.00 bits per heavy atom. The molecule has 14 heavy (non-hydrogen) atoms. The van der Waals surface area contributed by atoms with Gasteiger partial charge in [0.15, 0.2) is 0 Å². The van der Waals surface area contributed by atoms with Gasteiger partial charge in [0.05, 0.1) is 5.56 Å². The summed E-state index contributed by atoms with van der Waals surface area (Å²) in [7, 11) is 0. The van der Waals surface area contributed by atoms with E-state index in [0.717, 1.165) is 15.6 Å². The summed E-state index contributed by atoms with van der Waals surface area (Å²) in [6, 6.07) is 6.50. The van der Waals surface area contributed by atoms with Crippen LogP contribution < -0.4 is 0 Å². The predicted octanol–water partition coefficient (Wildman–Crippen LogP) is 3.94. The van der Waals surface area contributed by atoms with Crippen molar-refractivity contribution >= 4 is 44.0 Å². The van der Waals surface area contributed by atoms with Crippen molar-refractivity contribution in [2.24, 2.45) is 0 Å². The molecule has 0 atom stereocenters. The maximum absolute atomic E-state index is 9.08. The minimum Gasteiger partial charge on any atom is -0.192 e. The van der Waals surface area contributed by atoms with Crippen LogP contribution in [0.15, 0.2) is 17.5 Å². The van der Waals surface area contributed by atoms with Gasteiger partial charge in [0, 0.05) is 8.27 Å². The molecule has 0 bridgehead atoms. The Kier molecular flexibility index (Phi) is 2.75. The normalized spacial score (nSPS) is 10.4. The summed E-state index contributed by atoms with van der Waals surface area (Å²) < 4.78 is 2.35. The van der Waals surface area contributed by atoms with Crippen LogP contribution in [0.5, 0.6) is 0 Å². The molecule has 0 aliphatic carbocycles. The summed E-state index contributed by atoms with van der Waals surface area (Å²) >= 11 is 3.98. The molecule has 2 aromatic rings. The van der Waals surface area contributed by atoms with E-state index < -0.39 is 0 Å². The Bertz CT molecular complexity index is 522. The average Bonchev–Trinajstić information content (AvgIpc) is 2.62. The summed E-state index contributed by atoms with van der Waals surface area (Å²) in [6.07, 6.45) is 0.924. The van der Waals surface area contributed by atoms with E-state index in [2.05, 4.69) is 53.1 Å². The van der Waals surface area contributed by atoms with Gasteiger partial charge in [0.1, 0.15) is 6.07 Å². The Hall–Kier alpha value is -0.600.